The monoisotopic (exact) mass is 385 g/mol. The molecule has 2 rings (SSSR count). The molecular weight excluding hydrogens is 357 g/mol. The van der Waals surface area contributed by atoms with E-state index in [2.05, 4.69) is 5.32 Å². The van der Waals surface area contributed by atoms with Gasteiger partial charge in [-0.15, -0.1) is 0 Å². The van der Waals surface area contributed by atoms with Crippen LogP contribution in [0.4, 0.5) is 4.39 Å². The van der Waals surface area contributed by atoms with Crippen molar-refractivity contribution in [3.63, 3.8) is 0 Å². The molecule has 0 unspecified atom stereocenters. The molecule has 1 fully saturated rings. The van der Waals surface area contributed by atoms with E-state index in [4.69, 9.17) is 0 Å². The Kier molecular flexibility index (Phi) is 7.55. The van der Waals surface area contributed by atoms with Crippen LogP contribution in [0.5, 0.6) is 0 Å². The number of halogens is 1. The van der Waals surface area contributed by atoms with Crippen molar-refractivity contribution in [2.45, 2.75) is 30.6 Å². The molecule has 1 aromatic rings. The number of carbonyl (C=O) groups is 1. The van der Waals surface area contributed by atoms with Crippen LogP contribution in [-0.2, 0) is 14.8 Å². The molecule has 0 saturated carbocycles. The average Bonchev–Trinajstić information content (AvgIpc) is 2.62. The Labute approximate surface area is 155 Å². The van der Waals surface area contributed by atoms with E-state index in [1.165, 1.54) is 23.5 Å². The largest absolute Gasteiger partial charge is 0.343 e. The number of hydrogen-bond donors (Lipinski definition) is 1. The molecule has 1 amide bonds. The van der Waals surface area contributed by atoms with E-state index >= 15 is 0 Å². The number of sulfonamides is 1. The van der Waals surface area contributed by atoms with Crippen LogP contribution in [0.1, 0.15) is 25.7 Å². The van der Waals surface area contributed by atoms with E-state index in [0.29, 0.717) is 18.8 Å². The van der Waals surface area contributed by atoms with Crippen molar-refractivity contribution >= 4 is 15.9 Å². The Hall–Kier alpha value is -1.51. The van der Waals surface area contributed by atoms with Crippen LogP contribution in [0.25, 0.3) is 0 Å². The van der Waals surface area contributed by atoms with Gasteiger partial charge in [0.25, 0.3) is 0 Å². The van der Waals surface area contributed by atoms with E-state index in [9.17, 15) is 17.6 Å². The van der Waals surface area contributed by atoms with Gasteiger partial charge in [-0.05, 0) is 63.0 Å². The van der Waals surface area contributed by atoms with Gasteiger partial charge in [-0.3, -0.25) is 4.79 Å². The summed E-state index contributed by atoms with van der Waals surface area (Å²) < 4.78 is 39.0. The maximum Gasteiger partial charge on any atom is 0.242 e. The number of nitrogens with zero attached hydrogens (tertiary/aromatic N) is 2. The fourth-order valence-corrected chi connectivity index (χ4v) is 4.40. The van der Waals surface area contributed by atoms with Gasteiger partial charge in [-0.2, -0.15) is 0 Å². The molecule has 8 heteroatoms. The summed E-state index contributed by atoms with van der Waals surface area (Å²) in [7, 11) is -0.240. The Morgan fingerprint density at radius 1 is 1.27 bits per heavy atom. The van der Waals surface area contributed by atoms with Crippen LogP contribution < -0.4 is 5.32 Å². The number of hydrogen-bond acceptors (Lipinski definition) is 4. The van der Waals surface area contributed by atoms with Crippen LogP contribution in [-0.4, -0.2) is 63.8 Å². The summed E-state index contributed by atoms with van der Waals surface area (Å²) >= 11 is 0. The Bertz CT molecular complexity index is 686. The Morgan fingerprint density at radius 2 is 1.88 bits per heavy atom. The van der Waals surface area contributed by atoms with Gasteiger partial charge >= 0.3 is 0 Å². The normalized spacial score (nSPS) is 16.2. The second-order valence-corrected chi connectivity index (χ2v) is 8.81. The summed E-state index contributed by atoms with van der Waals surface area (Å²) in [5.41, 5.74) is 0. The minimum Gasteiger partial charge on any atom is -0.343 e. The number of benzene rings is 1. The lowest BCUT2D eigenvalue weighted by atomic mass is 9.96. The van der Waals surface area contributed by atoms with E-state index < -0.39 is 15.8 Å². The standard InChI is InChI=1S/C18H28FN3O3S/c1-20-14-15-9-12-22(13-10-15)18(23)4-3-11-21(2)26(24,25)17-7-5-16(19)6-8-17/h5-8,15,20H,3-4,9-14H2,1-2H3. The number of nitrogens with one attached hydrogen (secondary N) is 1. The first-order valence-electron chi connectivity index (χ1n) is 8.99. The highest BCUT2D eigenvalue weighted by Crippen LogP contribution is 2.18. The van der Waals surface area contributed by atoms with Gasteiger partial charge in [-0.1, -0.05) is 0 Å². The third kappa shape index (κ3) is 5.49. The third-order valence-electron chi connectivity index (χ3n) is 4.85. The molecule has 26 heavy (non-hydrogen) atoms. The third-order valence-corrected chi connectivity index (χ3v) is 6.72. The maximum atomic E-state index is 13.0. The molecule has 0 radical (unpaired) electrons. The van der Waals surface area contributed by atoms with Gasteiger partial charge in [0.05, 0.1) is 4.90 Å². The lowest BCUT2D eigenvalue weighted by molar-refractivity contribution is -0.132. The molecule has 0 spiro atoms. The van der Waals surface area contributed by atoms with Crippen molar-refractivity contribution in [1.82, 2.24) is 14.5 Å². The number of rotatable bonds is 8. The molecule has 1 heterocycles. The zero-order valence-corrected chi connectivity index (χ0v) is 16.3. The molecule has 1 aliphatic heterocycles. The molecule has 0 aliphatic carbocycles. The van der Waals surface area contributed by atoms with E-state index in [1.807, 2.05) is 11.9 Å². The van der Waals surface area contributed by atoms with Crippen molar-refractivity contribution in [2.75, 3.05) is 40.3 Å². The van der Waals surface area contributed by atoms with Gasteiger partial charge < -0.3 is 10.2 Å². The highest BCUT2D eigenvalue weighted by molar-refractivity contribution is 7.89. The van der Waals surface area contributed by atoms with Gasteiger partial charge in [-0.25, -0.2) is 17.1 Å². The first kappa shape index (κ1) is 20.8. The molecule has 0 atom stereocenters. The number of amides is 1. The van der Waals surface area contributed by atoms with Gasteiger partial charge in [0.15, 0.2) is 0 Å². The molecule has 0 bridgehead atoms. The van der Waals surface area contributed by atoms with Crippen molar-refractivity contribution in [2.24, 2.45) is 5.92 Å². The van der Waals surface area contributed by atoms with E-state index in [1.54, 1.807) is 0 Å². The molecule has 1 aliphatic rings. The quantitative estimate of drug-likeness (QED) is 0.739. The van der Waals surface area contributed by atoms with Gasteiger partial charge in [0.2, 0.25) is 15.9 Å². The zero-order valence-electron chi connectivity index (χ0n) is 15.4. The molecule has 1 N–H and O–H groups in total. The second-order valence-electron chi connectivity index (χ2n) is 6.77. The molecule has 0 aromatic heterocycles. The minimum atomic E-state index is -3.66. The zero-order chi connectivity index (χ0) is 19.2. The van der Waals surface area contributed by atoms with Crippen molar-refractivity contribution < 1.29 is 17.6 Å². The lowest BCUT2D eigenvalue weighted by Gasteiger charge is -2.32. The lowest BCUT2D eigenvalue weighted by Crippen LogP contribution is -2.40. The SMILES string of the molecule is CNCC1CCN(C(=O)CCCN(C)S(=O)(=O)c2ccc(F)cc2)CC1. The topological polar surface area (TPSA) is 69.7 Å². The van der Waals surface area contributed by atoms with Crippen molar-refractivity contribution in [1.29, 1.82) is 0 Å². The summed E-state index contributed by atoms with van der Waals surface area (Å²) in [4.78, 5) is 14.2. The van der Waals surface area contributed by atoms with Crippen LogP contribution in [0.2, 0.25) is 0 Å². The number of piperidine rings is 1. The summed E-state index contributed by atoms with van der Waals surface area (Å²) in [6.45, 7) is 2.78. The molecule has 6 nitrogen and oxygen atoms in total. The fourth-order valence-electron chi connectivity index (χ4n) is 3.19. The summed E-state index contributed by atoms with van der Waals surface area (Å²) in [6.07, 6.45) is 2.81. The maximum absolute atomic E-state index is 13.0. The Morgan fingerprint density at radius 3 is 2.46 bits per heavy atom. The first-order chi connectivity index (χ1) is 12.3. The van der Waals surface area contributed by atoms with Crippen LogP contribution in [0.3, 0.4) is 0 Å². The van der Waals surface area contributed by atoms with E-state index in [-0.39, 0.29) is 17.3 Å². The highest BCUT2D eigenvalue weighted by atomic mass is 32.2. The number of likely N-dealkylation sites (tertiary alicyclic amines) is 1. The minimum absolute atomic E-state index is 0.0549. The molecule has 1 aromatic carbocycles. The van der Waals surface area contributed by atoms with Crippen LogP contribution >= 0.6 is 0 Å². The number of carbonyl (C=O) groups excluding carboxylic acids is 1. The van der Waals surface area contributed by atoms with Gasteiger partial charge in [0, 0.05) is 33.1 Å². The summed E-state index contributed by atoms with van der Waals surface area (Å²) in [5.74, 6) is 0.229. The highest BCUT2D eigenvalue weighted by Gasteiger charge is 2.23. The fraction of sp³-hybridized carbons (Fsp3) is 0.611. The molecular formula is C18H28FN3O3S. The average molecular weight is 386 g/mol. The van der Waals surface area contributed by atoms with Crippen LogP contribution in [0.15, 0.2) is 29.2 Å². The first-order valence-corrected chi connectivity index (χ1v) is 10.4. The Balaban J connectivity index is 1.78. The molecule has 146 valence electrons. The van der Waals surface area contributed by atoms with Gasteiger partial charge in [0.1, 0.15) is 5.82 Å². The van der Waals surface area contributed by atoms with E-state index in [0.717, 1.165) is 44.6 Å². The predicted molar refractivity (Wildman–Crippen MR) is 98.7 cm³/mol. The van der Waals surface area contributed by atoms with Crippen LogP contribution in [0, 0.1) is 11.7 Å². The second kappa shape index (κ2) is 9.43. The summed E-state index contributed by atoms with van der Waals surface area (Å²) in [6, 6.07) is 4.76. The smallest absolute Gasteiger partial charge is 0.242 e. The summed E-state index contributed by atoms with van der Waals surface area (Å²) in [5, 5.41) is 3.17. The predicted octanol–water partition coefficient (Wildman–Crippen LogP) is 1.68. The van der Waals surface area contributed by atoms with Crippen molar-refractivity contribution in [3.05, 3.63) is 30.1 Å². The molecule has 1 saturated heterocycles. The van der Waals surface area contributed by atoms with Crippen molar-refractivity contribution in [3.8, 4) is 0 Å².